The molecule has 2 N–H and O–H groups in total. The molecule has 0 aromatic carbocycles. The molecule has 0 bridgehead atoms. The molecule has 15 heavy (non-hydrogen) atoms. The average molecular weight is 209 g/mol. The Balaban J connectivity index is 2.35. The number of aliphatic carboxylic acids is 1. The zero-order chi connectivity index (χ0) is 11.3. The molecule has 1 aromatic heterocycles. The van der Waals surface area contributed by atoms with E-state index in [9.17, 15) is 4.79 Å². The Morgan fingerprint density at radius 3 is 3.00 bits per heavy atom. The summed E-state index contributed by atoms with van der Waals surface area (Å²) >= 11 is 0. The molecule has 5 nitrogen and oxygen atoms in total. The lowest BCUT2D eigenvalue weighted by molar-refractivity contribution is -0.141. The largest absolute Gasteiger partial charge is 0.481 e. The van der Waals surface area contributed by atoms with Crippen LogP contribution in [0.25, 0.3) is 0 Å². The summed E-state index contributed by atoms with van der Waals surface area (Å²) in [7, 11) is 0. The van der Waals surface area contributed by atoms with Gasteiger partial charge in [0.25, 0.3) is 0 Å². The minimum Gasteiger partial charge on any atom is -0.481 e. The number of nitrogens with one attached hydrogen (secondary N) is 1. The Morgan fingerprint density at radius 2 is 2.40 bits per heavy atom. The van der Waals surface area contributed by atoms with E-state index in [0.717, 1.165) is 5.69 Å². The molecule has 1 aromatic rings. The lowest BCUT2D eigenvalue weighted by Crippen LogP contribution is -2.15. The maximum atomic E-state index is 10.5. The van der Waals surface area contributed by atoms with Gasteiger partial charge in [0.05, 0.1) is 5.92 Å². The van der Waals surface area contributed by atoms with Crippen LogP contribution in [0.4, 0.5) is 5.95 Å². The lowest BCUT2D eigenvalue weighted by Gasteiger charge is -2.07. The summed E-state index contributed by atoms with van der Waals surface area (Å²) in [6, 6.07) is 1.81. The molecule has 82 valence electrons. The number of hydrogen-bond donors (Lipinski definition) is 2. The molecule has 1 atom stereocenters. The number of carboxylic acid groups (broad SMARTS) is 1. The van der Waals surface area contributed by atoms with Crippen LogP contribution in [0.15, 0.2) is 12.3 Å². The van der Waals surface area contributed by atoms with Crippen molar-refractivity contribution in [2.45, 2.75) is 20.3 Å². The maximum Gasteiger partial charge on any atom is 0.306 e. The maximum absolute atomic E-state index is 10.5. The molecule has 0 fully saturated rings. The van der Waals surface area contributed by atoms with E-state index >= 15 is 0 Å². The zero-order valence-corrected chi connectivity index (χ0v) is 8.90. The molecule has 1 heterocycles. The monoisotopic (exact) mass is 209 g/mol. The van der Waals surface area contributed by atoms with E-state index in [2.05, 4.69) is 15.3 Å². The number of anilines is 1. The molecule has 0 saturated carbocycles. The molecule has 0 radical (unpaired) electrons. The number of aromatic nitrogens is 2. The smallest absolute Gasteiger partial charge is 0.306 e. The third-order valence-electron chi connectivity index (χ3n) is 2.08. The van der Waals surface area contributed by atoms with E-state index in [1.165, 1.54) is 0 Å². The molecule has 5 heteroatoms. The molecular weight excluding hydrogens is 194 g/mol. The fourth-order valence-electron chi connectivity index (χ4n) is 1.06. The van der Waals surface area contributed by atoms with Crippen molar-refractivity contribution in [1.29, 1.82) is 0 Å². The first-order valence-corrected chi connectivity index (χ1v) is 4.86. The second-order valence-electron chi connectivity index (χ2n) is 3.48. The van der Waals surface area contributed by atoms with E-state index in [1.807, 2.05) is 13.0 Å². The Labute approximate surface area is 88.6 Å². The lowest BCUT2D eigenvalue weighted by atomic mass is 10.1. The fraction of sp³-hybridized carbons (Fsp3) is 0.500. The topological polar surface area (TPSA) is 75.1 Å². The number of rotatable bonds is 5. The first-order chi connectivity index (χ1) is 7.09. The van der Waals surface area contributed by atoms with Gasteiger partial charge in [0.15, 0.2) is 0 Å². The number of hydrogen-bond acceptors (Lipinski definition) is 4. The Bertz CT molecular complexity index is 341. The number of nitrogens with zero attached hydrogens (tertiary/aromatic N) is 2. The standard InChI is InChI=1S/C10H15N3O2/c1-7(9(14)15)3-5-11-10-12-6-4-8(2)13-10/h4,6-7H,3,5H2,1-2H3,(H,14,15)(H,11,12,13). The van der Waals surface area contributed by atoms with Gasteiger partial charge in [-0.3, -0.25) is 4.79 Å². The van der Waals surface area contributed by atoms with Gasteiger partial charge in [0.1, 0.15) is 0 Å². The number of carboxylic acids is 1. The summed E-state index contributed by atoms with van der Waals surface area (Å²) in [5.74, 6) is -0.572. The van der Waals surface area contributed by atoms with Crippen LogP contribution in [-0.2, 0) is 4.79 Å². The molecule has 0 aliphatic rings. The second kappa shape index (κ2) is 5.29. The quantitative estimate of drug-likeness (QED) is 0.764. The van der Waals surface area contributed by atoms with Crippen LogP contribution < -0.4 is 5.32 Å². The molecule has 0 amide bonds. The van der Waals surface area contributed by atoms with Crippen molar-refractivity contribution in [2.24, 2.45) is 5.92 Å². The Kier molecular flexibility index (Phi) is 4.03. The summed E-state index contributed by atoms with van der Waals surface area (Å²) < 4.78 is 0. The van der Waals surface area contributed by atoms with Gasteiger partial charge in [-0.2, -0.15) is 0 Å². The van der Waals surface area contributed by atoms with Gasteiger partial charge >= 0.3 is 5.97 Å². The molecule has 0 aliphatic carbocycles. The highest BCUT2D eigenvalue weighted by molar-refractivity contribution is 5.69. The Hall–Kier alpha value is -1.65. The van der Waals surface area contributed by atoms with E-state index < -0.39 is 5.97 Å². The number of carbonyl (C=O) groups is 1. The molecule has 0 spiro atoms. The Morgan fingerprint density at radius 1 is 1.67 bits per heavy atom. The first-order valence-electron chi connectivity index (χ1n) is 4.86. The van der Waals surface area contributed by atoms with E-state index in [1.54, 1.807) is 13.1 Å². The van der Waals surface area contributed by atoms with Gasteiger partial charge in [-0.1, -0.05) is 6.92 Å². The van der Waals surface area contributed by atoms with E-state index in [-0.39, 0.29) is 5.92 Å². The van der Waals surface area contributed by atoms with Crippen LogP contribution >= 0.6 is 0 Å². The van der Waals surface area contributed by atoms with Gasteiger partial charge in [-0.05, 0) is 19.4 Å². The van der Waals surface area contributed by atoms with Crippen molar-refractivity contribution >= 4 is 11.9 Å². The van der Waals surface area contributed by atoms with Gasteiger partial charge in [0.2, 0.25) is 5.95 Å². The molecular formula is C10H15N3O2. The minimum absolute atomic E-state index is 0.345. The highest BCUT2D eigenvalue weighted by Crippen LogP contribution is 2.03. The normalized spacial score (nSPS) is 12.1. The summed E-state index contributed by atoms with van der Waals surface area (Å²) in [4.78, 5) is 18.7. The second-order valence-corrected chi connectivity index (χ2v) is 3.48. The van der Waals surface area contributed by atoms with Crippen LogP contribution in [0.3, 0.4) is 0 Å². The first kappa shape index (κ1) is 11.4. The summed E-state index contributed by atoms with van der Waals surface area (Å²) in [6.45, 7) is 4.13. The molecule has 1 rings (SSSR count). The SMILES string of the molecule is Cc1ccnc(NCCC(C)C(=O)O)n1. The van der Waals surface area contributed by atoms with Crippen molar-refractivity contribution < 1.29 is 9.90 Å². The van der Waals surface area contributed by atoms with Gasteiger partial charge in [0, 0.05) is 18.4 Å². The minimum atomic E-state index is -0.776. The van der Waals surface area contributed by atoms with Crippen molar-refractivity contribution in [3.63, 3.8) is 0 Å². The molecule has 0 aliphatic heterocycles. The summed E-state index contributed by atoms with van der Waals surface area (Å²) in [5, 5.41) is 11.6. The van der Waals surface area contributed by atoms with Gasteiger partial charge < -0.3 is 10.4 Å². The highest BCUT2D eigenvalue weighted by Gasteiger charge is 2.09. The van der Waals surface area contributed by atoms with Gasteiger partial charge in [-0.25, -0.2) is 9.97 Å². The predicted octanol–water partition coefficient (Wildman–Crippen LogP) is 1.31. The third-order valence-corrected chi connectivity index (χ3v) is 2.08. The van der Waals surface area contributed by atoms with Crippen molar-refractivity contribution in [3.8, 4) is 0 Å². The van der Waals surface area contributed by atoms with Crippen LogP contribution in [0.1, 0.15) is 19.0 Å². The highest BCUT2D eigenvalue weighted by atomic mass is 16.4. The third kappa shape index (κ3) is 3.93. The van der Waals surface area contributed by atoms with Crippen LogP contribution in [0, 0.1) is 12.8 Å². The van der Waals surface area contributed by atoms with Crippen molar-refractivity contribution in [1.82, 2.24) is 9.97 Å². The summed E-state index contributed by atoms with van der Waals surface area (Å²) in [5.41, 5.74) is 0.888. The van der Waals surface area contributed by atoms with Crippen LogP contribution in [0.5, 0.6) is 0 Å². The van der Waals surface area contributed by atoms with Crippen molar-refractivity contribution in [2.75, 3.05) is 11.9 Å². The molecule has 1 unspecified atom stereocenters. The van der Waals surface area contributed by atoms with Crippen LogP contribution in [-0.4, -0.2) is 27.6 Å². The average Bonchev–Trinajstić information content (AvgIpc) is 2.17. The predicted molar refractivity (Wildman–Crippen MR) is 56.7 cm³/mol. The fourth-order valence-corrected chi connectivity index (χ4v) is 1.06. The number of aryl methyl sites for hydroxylation is 1. The van der Waals surface area contributed by atoms with Gasteiger partial charge in [-0.15, -0.1) is 0 Å². The van der Waals surface area contributed by atoms with Crippen LogP contribution in [0.2, 0.25) is 0 Å². The van der Waals surface area contributed by atoms with E-state index in [0.29, 0.717) is 18.9 Å². The summed E-state index contributed by atoms with van der Waals surface area (Å²) in [6.07, 6.45) is 2.23. The zero-order valence-electron chi connectivity index (χ0n) is 8.90. The van der Waals surface area contributed by atoms with E-state index in [4.69, 9.17) is 5.11 Å². The molecule has 0 saturated heterocycles. The van der Waals surface area contributed by atoms with Crippen molar-refractivity contribution in [3.05, 3.63) is 18.0 Å².